The average molecular weight is 287 g/mol. The highest BCUT2D eigenvalue weighted by Crippen LogP contribution is 2.30. The number of aromatic nitrogens is 3. The van der Waals surface area contributed by atoms with Crippen molar-refractivity contribution in [2.45, 2.75) is 25.8 Å². The lowest BCUT2D eigenvalue weighted by atomic mass is 10.5. The van der Waals surface area contributed by atoms with E-state index in [9.17, 15) is 4.79 Å². The first kappa shape index (κ1) is 13.8. The summed E-state index contributed by atoms with van der Waals surface area (Å²) in [4.78, 5) is 25.3. The van der Waals surface area contributed by atoms with Gasteiger partial charge >= 0.3 is 12.0 Å². The SMILES string of the molecule is CCOC(=O)CN(c1nc(Cl)nc(OC)n1)C1CC1. The summed E-state index contributed by atoms with van der Waals surface area (Å²) in [5, 5.41) is 0.0383. The third-order valence-corrected chi connectivity index (χ3v) is 2.78. The van der Waals surface area contributed by atoms with Gasteiger partial charge in [0, 0.05) is 6.04 Å². The molecule has 1 fully saturated rings. The normalized spacial score (nSPS) is 14.1. The van der Waals surface area contributed by atoms with E-state index in [0.717, 1.165) is 12.8 Å². The van der Waals surface area contributed by atoms with Crippen LogP contribution in [0.2, 0.25) is 5.28 Å². The molecule has 0 N–H and O–H groups in total. The van der Waals surface area contributed by atoms with Gasteiger partial charge in [0.15, 0.2) is 0 Å². The van der Waals surface area contributed by atoms with E-state index in [1.807, 2.05) is 0 Å². The van der Waals surface area contributed by atoms with E-state index in [4.69, 9.17) is 21.1 Å². The van der Waals surface area contributed by atoms with Crippen molar-refractivity contribution in [2.24, 2.45) is 0 Å². The second-order valence-corrected chi connectivity index (χ2v) is 4.39. The lowest BCUT2D eigenvalue weighted by Gasteiger charge is -2.21. The first-order valence-electron chi connectivity index (χ1n) is 6.02. The Morgan fingerprint density at radius 1 is 1.42 bits per heavy atom. The van der Waals surface area contributed by atoms with Crippen molar-refractivity contribution in [1.29, 1.82) is 0 Å². The Labute approximate surface area is 115 Å². The van der Waals surface area contributed by atoms with Gasteiger partial charge in [0.1, 0.15) is 6.54 Å². The van der Waals surface area contributed by atoms with Crippen molar-refractivity contribution in [2.75, 3.05) is 25.2 Å². The number of halogens is 1. The van der Waals surface area contributed by atoms with Crippen LogP contribution in [0.5, 0.6) is 6.01 Å². The van der Waals surface area contributed by atoms with Crippen LogP contribution in [-0.4, -0.2) is 47.2 Å². The largest absolute Gasteiger partial charge is 0.467 e. The summed E-state index contributed by atoms with van der Waals surface area (Å²) >= 11 is 5.81. The molecule has 104 valence electrons. The minimum Gasteiger partial charge on any atom is -0.467 e. The van der Waals surface area contributed by atoms with Crippen molar-refractivity contribution in [3.05, 3.63) is 5.28 Å². The van der Waals surface area contributed by atoms with E-state index in [0.29, 0.717) is 12.6 Å². The minimum absolute atomic E-state index is 0.0383. The van der Waals surface area contributed by atoms with Crippen molar-refractivity contribution in [1.82, 2.24) is 15.0 Å². The molecule has 0 radical (unpaired) electrons. The highest BCUT2D eigenvalue weighted by molar-refractivity contribution is 6.28. The molecule has 1 saturated carbocycles. The zero-order valence-electron chi connectivity index (χ0n) is 10.8. The van der Waals surface area contributed by atoms with Gasteiger partial charge in [0.05, 0.1) is 13.7 Å². The maximum atomic E-state index is 11.6. The predicted molar refractivity (Wildman–Crippen MR) is 68.4 cm³/mol. The molecule has 1 aliphatic rings. The van der Waals surface area contributed by atoms with E-state index < -0.39 is 0 Å². The molecule has 0 unspecified atom stereocenters. The third-order valence-electron chi connectivity index (χ3n) is 2.61. The molecule has 1 aromatic rings. The smallest absolute Gasteiger partial charge is 0.325 e. The molecule has 0 aromatic carbocycles. The quantitative estimate of drug-likeness (QED) is 0.724. The summed E-state index contributed by atoms with van der Waals surface area (Å²) in [6.45, 7) is 2.21. The van der Waals surface area contributed by atoms with Crippen molar-refractivity contribution < 1.29 is 14.3 Å². The van der Waals surface area contributed by atoms with Crippen LogP contribution in [0.4, 0.5) is 5.95 Å². The fourth-order valence-corrected chi connectivity index (χ4v) is 1.78. The van der Waals surface area contributed by atoms with Gasteiger partial charge in [-0.3, -0.25) is 4.79 Å². The Morgan fingerprint density at radius 3 is 2.74 bits per heavy atom. The lowest BCUT2D eigenvalue weighted by molar-refractivity contribution is -0.141. The highest BCUT2D eigenvalue weighted by atomic mass is 35.5. The molecule has 0 aliphatic heterocycles. The molecular weight excluding hydrogens is 272 g/mol. The molecule has 0 atom stereocenters. The van der Waals surface area contributed by atoms with E-state index >= 15 is 0 Å². The lowest BCUT2D eigenvalue weighted by Crippen LogP contribution is -2.34. The monoisotopic (exact) mass is 286 g/mol. The fraction of sp³-hybridized carbons (Fsp3) is 0.636. The molecule has 19 heavy (non-hydrogen) atoms. The maximum Gasteiger partial charge on any atom is 0.325 e. The molecule has 0 saturated heterocycles. The van der Waals surface area contributed by atoms with Crippen molar-refractivity contribution in [3.63, 3.8) is 0 Å². The van der Waals surface area contributed by atoms with Crippen LogP contribution in [0, 0.1) is 0 Å². The predicted octanol–water partition coefficient (Wildman–Crippen LogP) is 1.07. The summed E-state index contributed by atoms with van der Waals surface area (Å²) in [6.07, 6.45) is 1.98. The van der Waals surface area contributed by atoms with Crippen molar-refractivity contribution >= 4 is 23.5 Å². The molecule has 7 nitrogen and oxygen atoms in total. The topological polar surface area (TPSA) is 77.4 Å². The summed E-state index contributed by atoms with van der Waals surface area (Å²) in [5.41, 5.74) is 0. The number of rotatable bonds is 6. The molecule has 1 aliphatic carbocycles. The van der Waals surface area contributed by atoms with Gasteiger partial charge < -0.3 is 14.4 Å². The maximum absolute atomic E-state index is 11.6. The van der Waals surface area contributed by atoms with Crippen LogP contribution >= 0.6 is 11.6 Å². The number of hydrogen-bond acceptors (Lipinski definition) is 7. The third kappa shape index (κ3) is 3.66. The van der Waals surface area contributed by atoms with Crippen molar-refractivity contribution in [3.8, 4) is 6.01 Å². The van der Waals surface area contributed by atoms with Gasteiger partial charge in [-0.25, -0.2) is 0 Å². The van der Waals surface area contributed by atoms with Gasteiger partial charge in [-0.2, -0.15) is 15.0 Å². The van der Waals surface area contributed by atoms with E-state index in [1.54, 1.807) is 11.8 Å². The van der Waals surface area contributed by atoms with Crippen LogP contribution in [0.1, 0.15) is 19.8 Å². The first-order valence-corrected chi connectivity index (χ1v) is 6.39. The summed E-state index contributed by atoms with van der Waals surface area (Å²) in [7, 11) is 1.45. The second kappa shape index (κ2) is 6.01. The van der Waals surface area contributed by atoms with Crippen LogP contribution in [0.25, 0.3) is 0 Å². The number of methoxy groups -OCH3 is 1. The number of hydrogen-bond donors (Lipinski definition) is 0. The van der Waals surface area contributed by atoms with Gasteiger partial charge in [-0.05, 0) is 31.4 Å². The molecule has 8 heteroatoms. The Balaban J connectivity index is 2.18. The number of carbonyl (C=O) groups excluding carboxylic acids is 1. The molecule has 2 rings (SSSR count). The second-order valence-electron chi connectivity index (χ2n) is 4.06. The molecule has 0 spiro atoms. The zero-order chi connectivity index (χ0) is 13.8. The minimum atomic E-state index is -0.315. The molecule has 1 aromatic heterocycles. The molecular formula is C11H15ClN4O3. The first-order chi connectivity index (χ1) is 9.13. The van der Waals surface area contributed by atoms with E-state index in [-0.39, 0.29) is 29.8 Å². The Kier molecular flexibility index (Phi) is 4.36. The van der Waals surface area contributed by atoms with Crippen LogP contribution in [0.15, 0.2) is 0 Å². The number of anilines is 1. The molecule has 0 bridgehead atoms. The van der Waals surface area contributed by atoms with Crippen LogP contribution in [-0.2, 0) is 9.53 Å². The molecule has 1 heterocycles. The Morgan fingerprint density at radius 2 is 2.16 bits per heavy atom. The van der Waals surface area contributed by atoms with Gasteiger partial charge in [0.2, 0.25) is 11.2 Å². The number of esters is 1. The zero-order valence-corrected chi connectivity index (χ0v) is 11.6. The Hall–Kier alpha value is -1.63. The van der Waals surface area contributed by atoms with Gasteiger partial charge in [-0.1, -0.05) is 0 Å². The van der Waals surface area contributed by atoms with E-state index in [1.165, 1.54) is 7.11 Å². The summed E-state index contributed by atoms with van der Waals surface area (Å²) in [6, 6.07) is 0.372. The van der Waals surface area contributed by atoms with E-state index in [2.05, 4.69) is 15.0 Å². The summed E-state index contributed by atoms with van der Waals surface area (Å²) < 4.78 is 9.89. The Bertz CT molecular complexity index is 467. The van der Waals surface area contributed by atoms with Crippen LogP contribution in [0.3, 0.4) is 0 Å². The van der Waals surface area contributed by atoms with Gasteiger partial charge in [0.25, 0.3) is 0 Å². The number of ether oxygens (including phenoxy) is 2. The van der Waals surface area contributed by atoms with Gasteiger partial charge in [-0.15, -0.1) is 0 Å². The number of nitrogens with zero attached hydrogens (tertiary/aromatic N) is 4. The average Bonchev–Trinajstić information content (AvgIpc) is 3.19. The molecule has 0 amide bonds. The van der Waals surface area contributed by atoms with Crippen LogP contribution < -0.4 is 9.64 Å². The fourth-order valence-electron chi connectivity index (χ4n) is 1.64. The number of carbonyl (C=O) groups is 1. The summed E-state index contributed by atoms with van der Waals surface area (Å²) in [5.74, 6) is 0.0253. The standard InChI is InChI=1S/C11H15ClN4O3/c1-3-19-8(17)6-16(7-4-5-7)10-13-9(12)14-11(15-10)18-2/h7H,3-6H2,1-2H3. The highest BCUT2D eigenvalue weighted by Gasteiger charge is 2.33.